The second-order valence-corrected chi connectivity index (χ2v) is 4.41. The summed E-state index contributed by atoms with van der Waals surface area (Å²) in [6.07, 6.45) is 5.48. The molecule has 0 bridgehead atoms. The smallest absolute Gasteiger partial charge is 0.0798 e. The Morgan fingerprint density at radius 1 is 1.56 bits per heavy atom. The highest BCUT2D eigenvalue weighted by atomic mass is 32.1. The first kappa shape index (κ1) is 11.0. The van der Waals surface area contributed by atoms with Crippen molar-refractivity contribution in [2.24, 2.45) is 0 Å². The summed E-state index contributed by atoms with van der Waals surface area (Å²) in [6.45, 7) is 7.35. The largest absolute Gasteiger partial charge is 0.308 e. The van der Waals surface area contributed by atoms with Crippen molar-refractivity contribution in [1.82, 2.24) is 20.1 Å². The van der Waals surface area contributed by atoms with Crippen molar-refractivity contribution in [2.75, 3.05) is 0 Å². The minimum absolute atomic E-state index is 0.811. The van der Waals surface area contributed by atoms with E-state index >= 15 is 0 Å². The van der Waals surface area contributed by atoms with Crippen LogP contribution in [0.3, 0.4) is 0 Å². The van der Waals surface area contributed by atoms with E-state index in [9.17, 15) is 0 Å². The number of nitrogens with zero attached hydrogens (tertiary/aromatic N) is 3. The standard InChI is InChI=1S/C11H14N4S/c1-3-15-7-10(5-14-15)4-12-6-11-9(2)13-8-16-11/h3,5,7-8,12H,1,4,6H2,2H3. The van der Waals surface area contributed by atoms with Crippen LogP contribution >= 0.6 is 11.3 Å². The summed E-state index contributed by atoms with van der Waals surface area (Å²) < 4.78 is 1.70. The molecule has 2 aromatic heterocycles. The predicted octanol–water partition coefficient (Wildman–Crippen LogP) is 2.04. The highest BCUT2D eigenvalue weighted by molar-refractivity contribution is 7.09. The van der Waals surface area contributed by atoms with Crippen LogP contribution in [0, 0.1) is 6.92 Å². The summed E-state index contributed by atoms with van der Waals surface area (Å²) in [7, 11) is 0. The van der Waals surface area contributed by atoms with Crippen LogP contribution in [0.25, 0.3) is 6.20 Å². The number of rotatable bonds is 5. The first-order valence-corrected chi connectivity index (χ1v) is 5.93. The molecule has 2 rings (SSSR count). The summed E-state index contributed by atoms with van der Waals surface area (Å²) >= 11 is 1.68. The molecular weight excluding hydrogens is 220 g/mol. The van der Waals surface area contributed by atoms with Crippen molar-refractivity contribution < 1.29 is 0 Å². The zero-order chi connectivity index (χ0) is 11.4. The molecule has 0 amide bonds. The lowest BCUT2D eigenvalue weighted by atomic mass is 10.3. The first-order valence-electron chi connectivity index (χ1n) is 5.05. The van der Waals surface area contributed by atoms with Crippen LogP contribution in [0.2, 0.25) is 0 Å². The minimum atomic E-state index is 0.811. The molecule has 0 radical (unpaired) electrons. The van der Waals surface area contributed by atoms with Crippen LogP contribution in [0.1, 0.15) is 16.1 Å². The van der Waals surface area contributed by atoms with Gasteiger partial charge in [0.15, 0.2) is 0 Å². The molecule has 0 aromatic carbocycles. The van der Waals surface area contributed by atoms with Gasteiger partial charge in [-0.1, -0.05) is 6.58 Å². The summed E-state index contributed by atoms with van der Waals surface area (Å²) in [6, 6.07) is 0. The fourth-order valence-corrected chi connectivity index (χ4v) is 2.13. The lowest BCUT2D eigenvalue weighted by Gasteiger charge is -2.00. The maximum atomic E-state index is 4.21. The molecule has 5 heteroatoms. The van der Waals surface area contributed by atoms with E-state index in [-0.39, 0.29) is 0 Å². The molecule has 0 aliphatic carbocycles. The molecule has 0 spiro atoms. The zero-order valence-electron chi connectivity index (χ0n) is 9.18. The van der Waals surface area contributed by atoms with E-state index in [2.05, 4.69) is 22.0 Å². The molecule has 0 aliphatic heterocycles. The van der Waals surface area contributed by atoms with Gasteiger partial charge in [0.1, 0.15) is 0 Å². The van der Waals surface area contributed by atoms with E-state index in [4.69, 9.17) is 0 Å². The molecule has 0 unspecified atom stereocenters. The number of thiazole rings is 1. The Morgan fingerprint density at radius 3 is 3.06 bits per heavy atom. The average molecular weight is 234 g/mol. The van der Waals surface area contributed by atoms with Gasteiger partial charge in [0.05, 0.1) is 17.4 Å². The molecule has 2 heterocycles. The van der Waals surface area contributed by atoms with Crippen LogP contribution in [0.4, 0.5) is 0 Å². The number of nitrogens with one attached hydrogen (secondary N) is 1. The van der Waals surface area contributed by atoms with Crippen molar-refractivity contribution in [3.63, 3.8) is 0 Å². The molecule has 84 valence electrons. The number of aromatic nitrogens is 3. The second-order valence-electron chi connectivity index (χ2n) is 3.48. The van der Waals surface area contributed by atoms with Gasteiger partial charge in [-0.2, -0.15) is 5.10 Å². The van der Waals surface area contributed by atoms with E-state index in [1.807, 2.05) is 24.8 Å². The molecule has 16 heavy (non-hydrogen) atoms. The molecule has 2 aromatic rings. The quantitative estimate of drug-likeness (QED) is 0.861. The van der Waals surface area contributed by atoms with E-state index in [1.54, 1.807) is 22.2 Å². The van der Waals surface area contributed by atoms with Gasteiger partial charge in [-0.05, 0) is 6.92 Å². The lowest BCUT2D eigenvalue weighted by molar-refractivity contribution is 0.697. The molecule has 1 N–H and O–H groups in total. The zero-order valence-corrected chi connectivity index (χ0v) is 10.00. The Kier molecular flexibility index (Phi) is 3.48. The summed E-state index contributed by atoms with van der Waals surface area (Å²) in [5.74, 6) is 0. The number of aryl methyl sites for hydroxylation is 1. The Morgan fingerprint density at radius 2 is 2.44 bits per heavy atom. The Hall–Kier alpha value is -1.46. The SMILES string of the molecule is C=Cn1cc(CNCc2scnc2C)cn1. The average Bonchev–Trinajstić information content (AvgIpc) is 2.89. The van der Waals surface area contributed by atoms with Crippen LogP contribution in [-0.4, -0.2) is 14.8 Å². The molecule has 0 saturated carbocycles. The number of hydrogen-bond acceptors (Lipinski definition) is 4. The third-order valence-electron chi connectivity index (χ3n) is 2.30. The highest BCUT2D eigenvalue weighted by Gasteiger charge is 2.01. The van der Waals surface area contributed by atoms with Crippen LogP contribution in [0.15, 0.2) is 24.5 Å². The number of hydrogen-bond donors (Lipinski definition) is 1. The maximum absolute atomic E-state index is 4.21. The van der Waals surface area contributed by atoms with Gasteiger partial charge in [0.2, 0.25) is 0 Å². The van der Waals surface area contributed by atoms with E-state index in [0.717, 1.165) is 24.3 Å². The van der Waals surface area contributed by atoms with E-state index in [1.165, 1.54) is 4.88 Å². The van der Waals surface area contributed by atoms with Gasteiger partial charge in [0, 0.05) is 35.9 Å². The monoisotopic (exact) mass is 234 g/mol. The third kappa shape index (κ3) is 2.56. The van der Waals surface area contributed by atoms with Crippen molar-refractivity contribution in [1.29, 1.82) is 0 Å². The molecule has 0 aliphatic rings. The van der Waals surface area contributed by atoms with Crippen molar-refractivity contribution in [3.05, 3.63) is 40.6 Å². The van der Waals surface area contributed by atoms with Gasteiger partial charge in [-0.3, -0.25) is 0 Å². The van der Waals surface area contributed by atoms with E-state index < -0.39 is 0 Å². The van der Waals surface area contributed by atoms with E-state index in [0.29, 0.717) is 0 Å². The van der Waals surface area contributed by atoms with Crippen LogP contribution in [-0.2, 0) is 13.1 Å². The van der Waals surface area contributed by atoms with Gasteiger partial charge < -0.3 is 5.32 Å². The molecule has 0 atom stereocenters. The predicted molar refractivity (Wildman–Crippen MR) is 66.0 cm³/mol. The first-order chi connectivity index (χ1) is 7.79. The molecular formula is C11H14N4S. The summed E-state index contributed by atoms with van der Waals surface area (Å²) in [5, 5.41) is 7.48. The lowest BCUT2D eigenvalue weighted by Crippen LogP contribution is -2.11. The van der Waals surface area contributed by atoms with Crippen molar-refractivity contribution >= 4 is 17.5 Å². The maximum Gasteiger partial charge on any atom is 0.0798 e. The fraction of sp³-hybridized carbons (Fsp3) is 0.273. The molecule has 0 saturated heterocycles. The van der Waals surface area contributed by atoms with Crippen molar-refractivity contribution in [2.45, 2.75) is 20.0 Å². The topological polar surface area (TPSA) is 42.7 Å². The van der Waals surface area contributed by atoms with Gasteiger partial charge >= 0.3 is 0 Å². The van der Waals surface area contributed by atoms with Gasteiger partial charge in [-0.25, -0.2) is 9.67 Å². The molecule has 4 nitrogen and oxygen atoms in total. The second kappa shape index (κ2) is 5.05. The van der Waals surface area contributed by atoms with Crippen molar-refractivity contribution in [3.8, 4) is 0 Å². The minimum Gasteiger partial charge on any atom is -0.308 e. The molecule has 0 fully saturated rings. The Labute approximate surface area is 98.6 Å². The van der Waals surface area contributed by atoms with Gasteiger partial charge in [-0.15, -0.1) is 11.3 Å². The third-order valence-corrected chi connectivity index (χ3v) is 3.24. The highest BCUT2D eigenvalue weighted by Crippen LogP contribution is 2.11. The Bertz CT molecular complexity index is 472. The summed E-state index contributed by atoms with van der Waals surface area (Å²) in [5.41, 5.74) is 4.14. The van der Waals surface area contributed by atoms with Crippen LogP contribution < -0.4 is 5.32 Å². The van der Waals surface area contributed by atoms with Gasteiger partial charge in [0.25, 0.3) is 0 Å². The Balaban J connectivity index is 1.84. The van der Waals surface area contributed by atoms with Crippen LogP contribution in [0.5, 0.6) is 0 Å². The summed E-state index contributed by atoms with van der Waals surface area (Å²) in [4.78, 5) is 5.50. The normalized spacial score (nSPS) is 10.6. The fourth-order valence-electron chi connectivity index (χ4n) is 1.38.